The lowest BCUT2D eigenvalue weighted by Gasteiger charge is -2.16. The van der Waals surface area contributed by atoms with E-state index in [2.05, 4.69) is 97.1 Å². The second-order valence-corrected chi connectivity index (χ2v) is 16.2. The van der Waals surface area contributed by atoms with Gasteiger partial charge in [-0.05, 0) is 68.8 Å². The molecule has 0 fully saturated rings. The largest absolute Gasteiger partial charge is 0.208 e. The van der Waals surface area contributed by atoms with Crippen molar-refractivity contribution in [2.75, 3.05) is 0 Å². The molecule has 7 nitrogen and oxygen atoms in total. The molecule has 0 amide bonds. The predicted octanol–water partition coefficient (Wildman–Crippen LogP) is 14.6. The van der Waals surface area contributed by atoms with Gasteiger partial charge in [0, 0.05) is 33.4 Å². The van der Waals surface area contributed by atoms with E-state index in [0.29, 0.717) is 40.5 Å². The van der Waals surface area contributed by atoms with E-state index in [1.165, 1.54) is 0 Å². The Morgan fingerprint density at radius 2 is 0.471 bits per heavy atom. The summed E-state index contributed by atoms with van der Waals surface area (Å²) in [6, 6.07) is 81.9. The summed E-state index contributed by atoms with van der Waals surface area (Å²) < 4.78 is 0. The summed E-state index contributed by atoms with van der Waals surface area (Å²) in [6.45, 7) is 0. The number of aromatic nitrogens is 6. The molecule has 0 radical (unpaired) electrons. The molecule has 2 aromatic heterocycles. The average Bonchev–Trinajstić information content (AvgIpc) is 3.43. The lowest BCUT2D eigenvalue weighted by Crippen LogP contribution is -2.00. The van der Waals surface area contributed by atoms with Gasteiger partial charge in [0.05, 0.1) is 11.6 Å². The van der Waals surface area contributed by atoms with Crippen LogP contribution in [0, 0.1) is 11.3 Å². The molecule has 9 aromatic carbocycles. The Morgan fingerprint density at radius 3 is 0.824 bits per heavy atom. The van der Waals surface area contributed by atoms with Crippen LogP contribution in [0.5, 0.6) is 0 Å². The van der Waals surface area contributed by atoms with Crippen LogP contribution < -0.4 is 0 Å². The van der Waals surface area contributed by atoms with E-state index in [1.807, 2.05) is 146 Å². The minimum atomic E-state index is 0.539. The zero-order valence-corrected chi connectivity index (χ0v) is 36.6. The highest BCUT2D eigenvalue weighted by Crippen LogP contribution is 2.40. The molecule has 0 aliphatic rings. The van der Waals surface area contributed by atoms with Crippen LogP contribution in [0.1, 0.15) is 5.56 Å². The third-order valence-electron chi connectivity index (χ3n) is 11.9. The van der Waals surface area contributed by atoms with Crippen molar-refractivity contribution < 1.29 is 0 Å². The summed E-state index contributed by atoms with van der Waals surface area (Å²) in [4.78, 5) is 30.2. The molecule has 0 saturated heterocycles. The van der Waals surface area contributed by atoms with Crippen molar-refractivity contribution >= 4 is 0 Å². The topological polar surface area (TPSA) is 101 Å². The summed E-state index contributed by atoms with van der Waals surface area (Å²) in [6.07, 6.45) is 0. The summed E-state index contributed by atoms with van der Waals surface area (Å²) in [5, 5.41) is 9.88. The maximum absolute atomic E-state index is 9.88. The molecule has 0 N–H and O–H groups in total. The van der Waals surface area contributed by atoms with Crippen LogP contribution in [0.3, 0.4) is 0 Å². The van der Waals surface area contributed by atoms with Gasteiger partial charge >= 0.3 is 0 Å². The van der Waals surface area contributed by atoms with Crippen molar-refractivity contribution in [2.24, 2.45) is 0 Å². The average molecular weight is 870 g/mol. The van der Waals surface area contributed by atoms with Gasteiger partial charge < -0.3 is 0 Å². The summed E-state index contributed by atoms with van der Waals surface area (Å²) >= 11 is 0. The molecular weight excluding hydrogens is 831 g/mol. The SMILES string of the molecule is N#Cc1ccccc1-c1cccc(-c2nc(-c3ccccc3)nc(-c3cccc(-c4ccccc4-c4ccccc4-c4cccc(-c5nc(-c6ccccc6)nc(-c6ccccc6)n5)c4)c3)n2)c1. The van der Waals surface area contributed by atoms with Gasteiger partial charge in [-0.25, -0.2) is 29.9 Å². The molecule has 11 rings (SSSR count). The van der Waals surface area contributed by atoms with Gasteiger partial charge in [-0.2, -0.15) is 5.26 Å². The Kier molecular flexibility index (Phi) is 11.2. The van der Waals surface area contributed by atoms with Crippen molar-refractivity contribution in [3.8, 4) is 119 Å². The van der Waals surface area contributed by atoms with Crippen LogP contribution in [-0.2, 0) is 0 Å². The standard InChI is InChI=1S/C61H39N7/c62-40-50-25-10-11-32-51(50)44-26-16-29-47(37-44)60-66-58(43-23-8-3-9-24-43)67-61(68-60)49-31-18-28-46(39-49)53-34-13-15-36-55(53)54-35-14-12-33-52(54)45-27-17-30-48(38-45)59-64-56(41-19-4-1-5-20-41)63-57(65-59)42-21-6-2-7-22-42/h1-39H. The zero-order chi connectivity index (χ0) is 45.7. The quantitative estimate of drug-likeness (QED) is 0.135. The van der Waals surface area contributed by atoms with Crippen LogP contribution in [0.2, 0.25) is 0 Å². The monoisotopic (exact) mass is 869 g/mol. The van der Waals surface area contributed by atoms with Crippen LogP contribution in [-0.4, -0.2) is 29.9 Å². The van der Waals surface area contributed by atoms with E-state index in [1.54, 1.807) is 0 Å². The first-order chi connectivity index (χ1) is 33.6. The number of hydrogen-bond acceptors (Lipinski definition) is 7. The van der Waals surface area contributed by atoms with E-state index >= 15 is 0 Å². The Hall–Kier alpha value is -9.51. The normalized spacial score (nSPS) is 10.9. The van der Waals surface area contributed by atoms with Crippen molar-refractivity contribution in [1.82, 2.24) is 29.9 Å². The minimum absolute atomic E-state index is 0.539. The fourth-order valence-corrected chi connectivity index (χ4v) is 8.54. The Balaban J connectivity index is 0.985. The van der Waals surface area contributed by atoms with Gasteiger partial charge in [0.25, 0.3) is 0 Å². The highest BCUT2D eigenvalue weighted by Gasteiger charge is 2.18. The summed E-state index contributed by atoms with van der Waals surface area (Å²) in [5.74, 6) is 3.50. The fourth-order valence-electron chi connectivity index (χ4n) is 8.54. The van der Waals surface area contributed by atoms with Crippen LogP contribution in [0.25, 0.3) is 113 Å². The molecule has 0 saturated carbocycles. The molecule has 0 atom stereocenters. The number of rotatable bonds is 10. The van der Waals surface area contributed by atoms with E-state index in [-0.39, 0.29) is 0 Å². The lowest BCUT2D eigenvalue weighted by molar-refractivity contribution is 1.07. The number of nitrogens with zero attached hydrogens (tertiary/aromatic N) is 7. The second-order valence-electron chi connectivity index (χ2n) is 16.2. The van der Waals surface area contributed by atoms with Gasteiger partial charge in [0.2, 0.25) is 0 Å². The predicted molar refractivity (Wildman–Crippen MR) is 272 cm³/mol. The van der Waals surface area contributed by atoms with Crippen molar-refractivity contribution in [1.29, 1.82) is 5.26 Å². The van der Waals surface area contributed by atoms with Crippen molar-refractivity contribution in [2.45, 2.75) is 0 Å². The summed E-state index contributed by atoms with van der Waals surface area (Å²) in [5.41, 5.74) is 14.0. The van der Waals surface area contributed by atoms with Gasteiger partial charge in [-0.15, -0.1) is 0 Å². The molecule has 68 heavy (non-hydrogen) atoms. The maximum atomic E-state index is 9.88. The van der Waals surface area contributed by atoms with Crippen molar-refractivity contribution in [3.05, 3.63) is 242 Å². The van der Waals surface area contributed by atoms with Gasteiger partial charge in [0.15, 0.2) is 34.9 Å². The highest BCUT2D eigenvalue weighted by atomic mass is 15.0. The molecule has 0 aliphatic heterocycles. The smallest absolute Gasteiger partial charge is 0.164 e. The van der Waals surface area contributed by atoms with Gasteiger partial charge in [-0.1, -0.05) is 212 Å². The molecule has 0 unspecified atom stereocenters. The lowest BCUT2D eigenvalue weighted by atomic mass is 9.88. The first-order valence-corrected chi connectivity index (χ1v) is 22.3. The molecular formula is C61H39N7. The molecule has 0 aliphatic carbocycles. The van der Waals surface area contributed by atoms with E-state index < -0.39 is 0 Å². The van der Waals surface area contributed by atoms with E-state index in [4.69, 9.17) is 29.9 Å². The fraction of sp³-hybridized carbons (Fsp3) is 0. The Morgan fingerprint density at radius 1 is 0.221 bits per heavy atom. The van der Waals surface area contributed by atoms with Gasteiger partial charge in [0.1, 0.15) is 0 Å². The zero-order valence-electron chi connectivity index (χ0n) is 36.6. The molecule has 2 heterocycles. The molecule has 318 valence electrons. The van der Waals surface area contributed by atoms with Crippen LogP contribution in [0.4, 0.5) is 0 Å². The van der Waals surface area contributed by atoms with E-state index in [9.17, 15) is 5.26 Å². The van der Waals surface area contributed by atoms with Gasteiger partial charge in [-0.3, -0.25) is 0 Å². The number of nitriles is 1. The summed E-state index contributed by atoms with van der Waals surface area (Å²) in [7, 11) is 0. The maximum Gasteiger partial charge on any atom is 0.164 e. The number of benzene rings is 9. The highest BCUT2D eigenvalue weighted by molar-refractivity contribution is 5.93. The van der Waals surface area contributed by atoms with E-state index in [0.717, 1.165) is 77.9 Å². The molecule has 0 bridgehead atoms. The second kappa shape index (κ2) is 18.5. The van der Waals surface area contributed by atoms with Crippen LogP contribution in [0.15, 0.2) is 237 Å². The first-order valence-electron chi connectivity index (χ1n) is 22.3. The van der Waals surface area contributed by atoms with Crippen LogP contribution >= 0.6 is 0 Å². The molecule has 11 aromatic rings. The molecule has 7 heteroatoms. The number of hydrogen-bond donors (Lipinski definition) is 0. The first kappa shape index (κ1) is 41.2. The third-order valence-corrected chi connectivity index (χ3v) is 11.9. The van der Waals surface area contributed by atoms with Crippen molar-refractivity contribution in [3.63, 3.8) is 0 Å². The minimum Gasteiger partial charge on any atom is -0.208 e. The Bertz CT molecular complexity index is 3580. The third kappa shape index (κ3) is 8.45. The Labute approximate surface area is 394 Å². The molecule has 0 spiro atoms.